The number of ketones is 1. The largest absolute Gasteiger partial charge is 0.470 e. The molecule has 1 saturated carbocycles. The minimum absolute atomic E-state index is 0.0710. The molecule has 1 aliphatic carbocycles. The zero-order chi connectivity index (χ0) is 14.1. The summed E-state index contributed by atoms with van der Waals surface area (Å²) in [6.07, 6.45) is 3.83. The highest BCUT2D eigenvalue weighted by Gasteiger charge is 2.23. The number of ether oxygens (including phenoxy) is 1. The van der Waals surface area contributed by atoms with E-state index < -0.39 is 5.24 Å². The van der Waals surface area contributed by atoms with Crippen LogP contribution in [0.25, 0.3) is 0 Å². The van der Waals surface area contributed by atoms with Crippen molar-refractivity contribution in [3.05, 3.63) is 0 Å². The van der Waals surface area contributed by atoms with Crippen LogP contribution in [0.4, 0.5) is 4.79 Å². The maximum atomic E-state index is 11.4. The molecule has 0 saturated heterocycles. The van der Waals surface area contributed by atoms with Crippen LogP contribution in [-0.4, -0.2) is 41.8 Å². The van der Waals surface area contributed by atoms with E-state index in [2.05, 4.69) is 18.4 Å². The van der Waals surface area contributed by atoms with E-state index >= 15 is 0 Å². The van der Waals surface area contributed by atoms with Crippen molar-refractivity contribution in [3.8, 4) is 0 Å². The second-order valence-corrected chi connectivity index (χ2v) is 5.01. The highest BCUT2D eigenvalue weighted by atomic mass is 32.1. The van der Waals surface area contributed by atoms with Crippen molar-refractivity contribution in [1.82, 2.24) is 4.90 Å². The number of rotatable bonds is 2. The summed E-state index contributed by atoms with van der Waals surface area (Å²) in [5.41, 5.74) is 4.34. The minimum atomic E-state index is -0.639. The molecule has 1 atom stereocenters. The van der Waals surface area contributed by atoms with Crippen molar-refractivity contribution in [2.24, 2.45) is 11.7 Å². The molecule has 0 heterocycles. The molecular weight excluding hydrogens is 272 g/mol. The van der Waals surface area contributed by atoms with E-state index in [-0.39, 0.29) is 5.92 Å². The van der Waals surface area contributed by atoms with Gasteiger partial charge >= 0.3 is 0 Å². The number of thiocarbonyl (C=S) groups is 1. The third-order valence-corrected chi connectivity index (χ3v) is 2.94. The minimum Gasteiger partial charge on any atom is -0.470 e. The van der Waals surface area contributed by atoms with Gasteiger partial charge in [0.25, 0.3) is 10.4 Å². The molecule has 0 radical (unpaired) electrons. The van der Waals surface area contributed by atoms with Crippen molar-refractivity contribution < 1.29 is 14.3 Å². The quantitative estimate of drug-likeness (QED) is 0.597. The Hall–Kier alpha value is -0.820. The average molecular weight is 292 g/mol. The van der Waals surface area contributed by atoms with Crippen LogP contribution in [0.5, 0.6) is 0 Å². The third kappa shape index (κ3) is 8.30. The SMILES string of the molecule is CN(C)C(=S)OCC1CCCCC1=O.NC(=O)S. The molecule has 1 rings (SSSR count). The smallest absolute Gasteiger partial charge is 0.273 e. The van der Waals surface area contributed by atoms with E-state index in [4.69, 9.17) is 21.7 Å². The monoisotopic (exact) mass is 292 g/mol. The van der Waals surface area contributed by atoms with Crippen LogP contribution in [0.2, 0.25) is 0 Å². The van der Waals surface area contributed by atoms with Crippen LogP contribution in [0.1, 0.15) is 25.7 Å². The Balaban J connectivity index is 0.000000631. The van der Waals surface area contributed by atoms with Gasteiger partial charge in [-0.05, 0) is 25.1 Å². The van der Waals surface area contributed by atoms with Gasteiger partial charge in [0.05, 0.1) is 5.92 Å². The van der Waals surface area contributed by atoms with Gasteiger partial charge in [0.1, 0.15) is 12.4 Å². The summed E-state index contributed by atoms with van der Waals surface area (Å²) in [7, 11) is 3.68. The van der Waals surface area contributed by atoms with Gasteiger partial charge < -0.3 is 15.4 Å². The molecule has 1 fully saturated rings. The molecule has 0 spiro atoms. The number of thiol groups is 1. The number of nitrogens with zero attached hydrogens (tertiary/aromatic N) is 1. The average Bonchev–Trinajstić information content (AvgIpc) is 2.26. The lowest BCUT2D eigenvalue weighted by atomic mass is 9.89. The molecule has 104 valence electrons. The van der Waals surface area contributed by atoms with Gasteiger partial charge in [-0.25, -0.2) is 0 Å². The van der Waals surface area contributed by atoms with E-state index in [0.717, 1.165) is 19.3 Å². The van der Waals surface area contributed by atoms with Crippen LogP contribution in [0.3, 0.4) is 0 Å². The summed E-state index contributed by atoms with van der Waals surface area (Å²) >= 11 is 8.08. The first-order valence-corrected chi connectivity index (χ1v) is 6.55. The summed E-state index contributed by atoms with van der Waals surface area (Å²) in [6, 6.07) is 0. The van der Waals surface area contributed by atoms with Crippen molar-refractivity contribution in [2.75, 3.05) is 20.7 Å². The highest BCUT2D eigenvalue weighted by Crippen LogP contribution is 2.20. The lowest BCUT2D eigenvalue weighted by Gasteiger charge is -2.22. The topological polar surface area (TPSA) is 72.6 Å². The summed E-state index contributed by atoms with van der Waals surface area (Å²) in [4.78, 5) is 22.3. The second kappa shape index (κ2) is 9.16. The Kier molecular flexibility index (Phi) is 8.74. The first-order valence-electron chi connectivity index (χ1n) is 5.69. The zero-order valence-corrected chi connectivity index (χ0v) is 12.4. The van der Waals surface area contributed by atoms with Gasteiger partial charge in [-0.1, -0.05) is 19.0 Å². The van der Waals surface area contributed by atoms with Crippen LogP contribution >= 0.6 is 24.8 Å². The number of primary amides is 1. The van der Waals surface area contributed by atoms with Gasteiger partial charge in [0.15, 0.2) is 0 Å². The van der Waals surface area contributed by atoms with Gasteiger partial charge in [0.2, 0.25) is 0 Å². The Morgan fingerprint density at radius 1 is 1.56 bits per heavy atom. The van der Waals surface area contributed by atoms with Crippen LogP contribution in [0.15, 0.2) is 0 Å². The van der Waals surface area contributed by atoms with E-state index in [1.54, 1.807) is 4.90 Å². The van der Waals surface area contributed by atoms with Gasteiger partial charge in [-0.15, -0.1) is 0 Å². The molecule has 0 aromatic carbocycles. The number of amides is 1. The van der Waals surface area contributed by atoms with Gasteiger partial charge in [-0.2, -0.15) is 0 Å². The van der Waals surface area contributed by atoms with E-state index in [9.17, 15) is 4.79 Å². The Morgan fingerprint density at radius 2 is 2.11 bits per heavy atom. The Labute approximate surface area is 118 Å². The van der Waals surface area contributed by atoms with Crippen molar-refractivity contribution in [3.63, 3.8) is 0 Å². The molecule has 7 heteroatoms. The van der Waals surface area contributed by atoms with Crippen molar-refractivity contribution >= 4 is 41.0 Å². The van der Waals surface area contributed by atoms with E-state index in [1.165, 1.54) is 0 Å². The first kappa shape index (κ1) is 17.2. The van der Waals surface area contributed by atoms with Crippen LogP contribution < -0.4 is 5.73 Å². The number of hydrogen-bond acceptors (Lipinski definition) is 4. The standard InChI is InChI=1S/C10H17NO2S.CH3NOS/c1-11(2)10(14)13-7-8-5-3-4-6-9(8)12;2-1(3)4/h8H,3-7H2,1-2H3;(H3,2,3,4). The maximum Gasteiger partial charge on any atom is 0.273 e. The summed E-state index contributed by atoms with van der Waals surface area (Å²) in [5.74, 6) is 0.402. The number of carbonyl (C=O) groups is 2. The molecule has 18 heavy (non-hydrogen) atoms. The van der Waals surface area contributed by atoms with Crippen LogP contribution in [-0.2, 0) is 9.53 Å². The van der Waals surface area contributed by atoms with Gasteiger partial charge in [0, 0.05) is 20.5 Å². The molecular formula is C11H20N2O3S2. The fourth-order valence-electron chi connectivity index (χ4n) is 1.53. The summed E-state index contributed by atoms with van der Waals surface area (Å²) in [5, 5.41) is -0.177. The summed E-state index contributed by atoms with van der Waals surface area (Å²) in [6.45, 7) is 0.454. The molecule has 0 aromatic heterocycles. The second-order valence-electron chi connectivity index (χ2n) is 4.22. The molecule has 1 unspecified atom stereocenters. The maximum absolute atomic E-state index is 11.4. The van der Waals surface area contributed by atoms with Crippen molar-refractivity contribution in [2.45, 2.75) is 25.7 Å². The predicted octanol–water partition coefficient (Wildman–Crippen LogP) is 1.60. The zero-order valence-electron chi connectivity index (χ0n) is 10.7. The molecule has 0 aromatic rings. The number of carbonyl (C=O) groups excluding carboxylic acids is 2. The van der Waals surface area contributed by atoms with Crippen molar-refractivity contribution in [1.29, 1.82) is 0 Å². The molecule has 5 nitrogen and oxygen atoms in total. The number of nitrogens with two attached hydrogens (primary N) is 1. The number of hydrogen-bond donors (Lipinski definition) is 2. The molecule has 0 aliphatic heterocycles. The lowest BCUT2D eigenvalue weighted by Crippen LogP contribution is -2.29. The third-order valence-electron chi connectivity index (χ3n) is 2.45. The molecule has 1 amide bonds. The first-order chi connectivity index (χ1) is 8.34. The van der Waals surface area contributed by atoms with Crippen LogP contribution in [0, 0.1) is 5.92 Å². The molecule has 2 N–H and O–H groups in total. The molecule has 0 bridgehead atoms. The van der Waals surface area contributed by atoms with E-state index in [1.807, 2.05) is 14.1 Å². The Morgan fingerprint density at radius 3 is 2.56 bits per heavy atom. The number of Topliss-reactive ketones (excluding diaryl/α,β-unsaturated/α-hetero) is 1. The normalized spacial score (nSPS) is 18.4. The highest BCUT2D eigenvalue weighted by molar-refractivity contribution is 7.96. The lowest BCUT2D eigenvalue weighted by molar-refractivity contribution is -0.125. The fourth-order valence-corrected chi connectivity index (χ4v) is 1.60. The molecule has 1 aliphatic rings. The fraction of sp³-hybridized carbons (Fsp3) is 0.727. The van der Waals surface area contributed by atoms with E-state index in [0.29, 0.717) is 24.0 Å². The summed E-state index contributed by atoms with van der Waals surface area (Å²) < 4.78 is 5.35. The predicted molar refractivity (Wildman–Crippen MR) is 77.8 cm³/mol. The van der Waals surface area contributed by atoms with Gasteiger partial charge in [-0.3, -0.25) is 9.59 Å². The Bertz CT molecular complexity index is 305.